The topological polar surface area (TPSA) is 52.6 Å². The minimum absolute atomic E-state index is 0.143. The molecule has 0 saturated carbocycles. The van der Waals surface area contributed by atoms with Crippen LogP contribution in [0.4, 0.5) is 0 Å². The molecule has 0 aromatic carbocycles. The summed E-state index contributed by atoms with van der Waals surface area (Å²) in [6, 6.07) is 0.381. The summed E-state index contributed by atoms with van der Waals surface area (Å²) in [7, 11) is 0. The molecule has 1 saturated heterocycles. The Labute approximate surface area is 104 Å². The Balaban J connectivity index is 2.49. The molecule has 0 bridgehead atoms. The van der Waals surface area contributed by atoms with Crippen LogP contribution in [0.5, 0.6) is 0 Å². The third-order valence-corrected chi connectivity index (χ3v) is 3.33. The lowest BCUT2D eigenvalue weighted by molar-refractivity contribution is -0.131. The average molecular weight is 242 g/mol. The van der Waals surface area contributed by atoms with Crippen molar-refractivity contribution in [1.82, 2.24) is 10.2 Å². The van der Waals surface area contributed by atoms with E-state index in [2.05, 4.69) is 19.2 Å². The van der Waals surface area contributed by atoms with E-state index in [1.165, 1.54) is 0 Å². The fourth-order valence-corrected chi connectivity index (χ4v) is 2.40. The summed E-state index contributed by atoms with van der Waals surface area (Å²) in [5.74, 6) is 1.20. The van der Waals surface area contributed by atoms with Crippen LogP contribution in [0.15, 0.2) is 0 Å². The van der Waals surface area contributed by atoms with Crippen LogP contribution >= 0.6 is 0 Å². The monoisotopic (exact) mass is 242 g/mol. The molecule has 1 aliphatic heterocycles. The van der Waals surface area contributed by atoms with Crippen LogP contribution in [0.25, 0.3) is 0 Å². The van der Waals surface area contributed by atoms with Crippen molar-refractivity contribution in [2.24, 2.45) is 11.8 Å². The molecule has 0 radical (unpaired) electrons. The Kier molecular flexibility index (Phi) is 5.92. The van der Waals surface area contributed by atoms with Crippen molar-refractivity contribution in [2.45, 2.75) is 39.7 Å². The van der Waals surface area contributed by atoms with Gasteiger partial charge in [0.1, 0.15) is 0 Å². The van der Waals surface area contributed by atoms with Gasteiger partial charge in [-0.2, -0.15) is 0 Å². The van der Waals surface area contributed by atoms with Crippen molar-refractivity contribution in [1.29, 1.82) is 0 Å². The molecular formula is C13H26N2O2. The minimum atomic E-state index is 0.143. The van der Waals surface area contributed by atoms with Gasteiger partial charge in [0, 0.05) is 32.7 Å². The van der Waals surface area contributed by atoms with E-state index in [4.69, 9.17) is 5.11 Å². The Bertz CT molecular complexity index is 244. The van der Waals surface area contributed by atoms with Crippen LogP contribution in [0.1, 0.15) is 33.6 Å². The van der Waals surface area contributed by atoms with Gasteiger partial charge in [-0.15, -0.1) is 0 Å². The van der Waals surface area contributed by atoms with E-state index < -0.39 is 0 Å². The molecule has 4 nitrogen and oxygen atoms in total. The lowest BCUT2D eigenvalue weighted by atomic mass is 9.91. The van der Waals surface area contributed by atoms with Gasteiger partial charge in [0.15, 0.2) is 0 Å². The van der Waals surface area contributed by atoms with Gasteiger partial charge < -0.3 is 15.3 Å². The number of rotatable bonds is 5. The Morgan fingerprint density at radius 1 is 1.47 bits per heavy atom. The first-order valence-corrected chi connectivity index (χ1v) is 6.62. The number of hydrogen-bond acceptors (Lipinski definition) is 3. The Morgan fingerprint density at radius 3 is 2.71 bits per heavy atom. The zero-order valence-electron chi connectivity index (χ0n) is 11.3. The third kappa shape index (κ3) is 5.04. The molecular weight excluding hydrogens is 216 g/mol. The molecule has 1 heterocycles. The van der Waals surface area contributed by atoms with E-state index in [0.717, 1.165) is 32.5 Å². The molecule has 0 aliphatic carbocycles. The largest absolute Gasteiger partial charge is 0.396 e. The quantitative estimate of drug-likeness (QED) is 0.751. The van der Waals surface area contributed by atoms with Crippen molar-refractivity contribution in [2.75, 3.05) is 26.2 Å². The maximum Gasteiger partial charge on any atom is 0.219 e. The molecule has 0 aromatic heterocycles. The molecule has 2 unspecified atom stereocenters. The van der Waals surface area contributed by atoms with Gasteiger partial charge in [-0.05, 0) is 31.2 Å². The number of likely N-dealkylation sites (tertiary alicyclic amines) is 1. The maximum absolute atomic E-state index is 11.5. The number of aliphatic hydroxyl groups is 1. The summed E-state index contributed by atoms with van der Waals surface area (Å²) in [6.45, 7) is 8.81. The standard InChI is InChI=1S/C13H26N2O2/c1-10(2)7-14-13-6-12(4-5-16)8-15(9-13)11(3)17/h10,12-14,16H,4-9H2,1-3H3. The molecule has 2 atom stereocenters. The lowest BCUT2D eigenvalue weighted by Gasteiger charge is -2.38. The number of carbonyl (C=O) groups excluding carboxylic acids is 1. The zero-order valence-corrected chi connectivity index (χ0v) is 11.3. The summed E-state index contributed by atoms with van der Waals surface area (Å²) in [5.41, 5.74) is 0. The summed E-state index contributed by atoms with van der Waals surface area (Å²) < 4.78 is 0. The second kappa shape index (κ2) is 6.97. The first kappa shape index (κ1) is 14.5. The van der Waals surface area contributed by atoms with E-state index in [0.29, 0.717) is 17.9 Å². The van der Waals surface area contributed by atoms with Crippen LogP contribution < -0.4 is 5.32 Å². The van der Waals surface area contributed by atoms with Gasteiger partial charge in [-0.25, -0.2) is 0 Å². The fraction of sp³-hybridized carbons (Fsp3) is 0.923. The summed E-state index contributed by atoms with van der Waals surface area (Å²) in [6.07, 6.45) is 1.86. The van der Waals surface area contributed by atoms with Gasteiger partial charge in [0.05, 0.1) is 0 Å². The van der Waals surface area contributed by atoms with Crippen molar-refractivity contribution in [3.05, 3.63) is 0 Å². The smallest absolute Gasteiger partial charge is 0.219 e. The highest BCUT2D eigenvalue weighted by molar-refractivity contribution is 5.73. The summed E-state index contributed by atoms with van der Waals surface area (Å²) in [5, 5.41) is 12.5. The normalized spacial score (nSPS) is 25.4. The van der Waals surface area contributed by atoms with Crippen LogP contribution in [-0.4, -0.2) is 48.2 Å². The second-order valence-corrected chi connectivity index (χ2v) is 5.54. The van der Waals surface area contributed by atoms with E-state index in [9.17, 15) is 4.79 Å². The molecule has 0 aromatic rings. The van der Waals surface area contributed by atoms with E-state index in [1.807, 2.05) is 4.90 Å². The molecule has 1 amide bonds. The number of piperidine rings is 1. The first-order chi connectivity index (χ1) is 8.02. The Morgan fingerprint density at radius 2 is 2.18 bits per heavy atom. The highest BCUT2D eigenvalue weighted by Gasteiger charge is 2.27. The number of hydrogen-bond donors (Lipinski definition) is 2. The van der Waals surface area contributed by atoms with Gasteiger partial charge in [-0.3, -0.25) is 4.79 Å². The highest BCUT2D eigenvalue weighted by Crippen LogP contribution is 2.20. The van der Waals surface area contributed by atoms with Crippen LogP contribution in [0.2, 0.25) is 0 Å². The highest BCUT2D eigenvalue weighted by atomic mass is 16.3. The zero-order chi connectivity index (χ0) is 12.8. The SMILES string of the molecule is CC(=O)N1CC(CCO)CC(NCC(C)C)C1. The number of carbonyl (C=O) groups is 1. The number of nitrogens with one attached hydrogen (secondary N) is 1. The van der Waals surface area contributed by atoms with Crippen LogP contribution in [0.3, 0.4) is 0 Å². The molecule has 0 spiro atoms. The summed E-state index contributed by atoms with van der Waals surface area (Å²) >= 11 is 0. The number of amides is 1. The van der Waals surface area contributed by atoms with Gasteiger partial charge in [-0.1, -0.05) is 13.8 Å². The third-order valence-electron chi connectivity index (χ3n) is 3.33. The first-order valence-electron chi connectivity index (χ1n) is 6.62. The molecule has 4 heteroatoms. The van der Waals surface area contributed by atoms with Crippen LogP contribution in [-0.2, 0) is 4.79 Å². The van der Waals surface area contributed by atoms with Crippen molar-refractivity contribution >= 4 is 5.91 Å². The number of nitrogens with zero attached hydrogens (tertiary/aromatic N) is 1. The molecule has 1 fully saturated rings. The van der Waals surface area contributed by atoms with E-state index in [-0.39, 0.29) is 12.5 Å². The molecule has 1 rings (SSSR count). The number of aliphatic hydroxyl groups excluding tert-OH is 1. The predicted octanol–water partition coefficient (Wildman–Crippen LogP) is 0.851. The van der Waals surface area contributed by atoms with Crippen LogP contribution in [0, 0.1) is 11.8 Å². The molecule has 17 heavy (non-hydrogen) atoms. The minimum Gasteiger partial charge on any atom is -0.396 e. The van der Waals surface area contributed by atoms with Gasteiger partial charge in [0.2, 0.25) is 5.91 Å². The van der Waals surface area contributed by atoms with Crippen molar-refractivity contribution < 1.29 is 9.90 Å². The van der Waals surface area contributed by atoms with Gasteiger partial charge >= 0.3 is 0 Å². The average Bonchev–Trinajstić information content (AvgIpc) is 2.26. The maximum atomic E-state index is 11.5. The molecule has 100 valence electrons. The fourth-order valence-electron chi connectivity index (χ4n) is 2.40. The van der Waals surface area contributed by atoms with E-state index in [1.54, 1.807) is 6.92 Å². The predicted molar refractivity (Wildman–Crippen MR) is 68.7 cm³/mol. The van der Waals surface area contributed by atoms with E-state index >= 15 is 0 Å². The Hall–Kier alpha value is -0.610. The second-order valence-electron chi connectivity index (χ2n) is 5.54. The molecule has 1 aliphatic rings. The summed E-state index contributed by atoms with van der Waals surface area (Å²) in [4.78, 5) is 13.4. The van der Waals surface area contributed by atoms with Crippen molar-refractivity contribution in [3.63, 3.8) is 0 Å². The van der Waals surface area contributed by atoms with Gasteiger partial charge in [0.25, 0.3) is 0 Å². The lowest BCUT2D eigenvalue weighted by Crippen LogP contribution is -2.51. The molecule has 2 N–H and O–H groups in total. The van der Waals surface area contributed by atoms with Crippen molar-refractivity contribution in [3.8, 4) is 0 Å².